The average molecular weight is 315 g/mol. The molecule has 0 radical (unpaired) electrons. The van der Waals surface area contributed by atoms with Gasteiger partial charge in [0.25, 0.3) is 0 Å². The van der Waals surface area contributed by atoms with Crippen LogP contribution in [-0.2, 0) is 28.6 Å². The van der Waals surface area contributed by atoms with Crippen LogP contribution in [-0.4, -0.2) is 37.0 Å². The second kappa shape index (κ2) is 7.59. The number of ether oxygens (including phenoxy) is 1. The fourth-order valence-electron chi connectivity index (χ4n) is 1.66. The van der Waals surface area contributed by atoms with Crippen LogP contribution in [0.1, 0.15) is 39.8 Å². The highest BCUT2D eigenvalue weighted by molar-refractivity contribution is 7.84. The number of imidazole rings is 1. The van der Waals surface area contributed by atoms with Gasteiger partial charge in [0.1, 0.15) is 5.60 Å². The van der Waals surface area contributed by atoms with Gasteiger partial charge in [0.15, 0.2) is 0 Å². The fraction of sp³-hybridized carbons (Fsp3) is 0.714. The summed E-state index contributed by atoms with van der Waals surface area (Å²) in [6, 6.07) is 0. The van der Waals surface area contributed by atoms with Crippen molar-refractivity contribution in [2.45, 2.75) is 58.1 Å². The standard InChI is InChI=1S/C14H25N3O3S/c1-11(21(5)19)6-7-17-10-15-8-12(17)9-16-13(18)20-14(2,3)4/h8,10-11H,6-7,9H2,1-5H3,(H,16,18). The Kier molecular flexibility index (Phi) is 6.39. The summed E-state index contributed by atoms with van der Waals surface area (Å²) >= 11 is 0. The first-order valence-electron chi connectivity index (χ1n) is 6.97. The molecular formula is C14H25N3O3S. The highest BCUT2D eigenvalue weighted by atomic mass is 32.2. The summed E-state index contributed by atoms with van der Waals surface area (Å²) in [5, 5.41) is 2.85. The molecule has 6 nitrogen and oxygen atoms in total. The lowest BCUT2D eigenvalue weighted by atomic mass is 10.2. The summed E-state index contributed by atoms with van der Waals surface area (Å²) in [7, 11) is -0.824. The molecule has 7 heteroatoms. The van der Waals surface area contributed by atoms with Gasteiger partial charge in [-0.3, -0.25) is 4.21 Å². The topological polar surface area (TPSA) is 73.2 Å². The van der Waals surface area contributed by atoms with E-state index in [1.54, 1.807) is 18.8 Å². The average Bonchev–Trinajstić information content (AvgIpc) is 2.78. The lowest BCUT2D eigenvalue weighted by molar-refractivity contribution is 0.0522. The molecule has 0 aliphatic carbocycles. The molecule has 0 spiro atoms. The summed E-state index contributed by atoms with van der Waals surface area (Å²) in [6.07, 6.45) is 5.50. The van der Waals surface area contributed by atoms with Crippen molar-refractivity contribution >= 4 is 16.9 Å². The van der Waals surface area contributed by atoms with Crippen LogP contribution >= 0.6 is 0 Å². The summed E-state index contributed by atoms with van der Waals surface area (Å²) in [4.78, 5) is 15.7. The number of alkyl carbamates (subject to hydrolysis) is 1. The van der Waals surface area contributed by atoms with Crippen molar-refractivity contribution in [3.8, 4) is 0 Å². The highest BCUT2D eigenvalue weighted by Gasteiger charge is 2.16. The zero-order chi connectivity index (χ0) is 16.0. The Balaban J connectivity index is 2.48. The summed E-state index contributed by atoms with van der Waals surface area (Å²) in [6.45, 7) is 8.52. The van der Waals surface area contributed by atoms with Gasteiger partial charge in [-0.05, 0) is 27.2 Å². The van der Waals surface area contributed by atoms with Crippen molar-refractivity contribution in [1.82, 2.24) is 14.9 Å². The molecule has 0 saturated heterocycles. The zero-order valence-electron chi connectivity index (χ0n) is 13.4. The number of nitrogens with one attached hydrogen (secondary N) is 1. The van der Waals surface area contributed by atoms with Crippen LogP contribution in [0.2, 0.25) is 0 Å². The number of amides is 1. The van der Waals surface area contributed by atoms with Crippen LogP contribution in [0.15, 0.2) is 12.5 Å². The molecule has 2 atom stereocenters. The second-order valence-electron chi connectivity index (χ2n) is 6.03. The van der Waals surface area contributed by atoms with Crippen LogP contribution in [0, 0.1) is 0 Å². The van der Waals surface area contributed by atoms with E-state index in [9.17, 15) is 9.00 Å². The molecule has 1 rings (SSSR count). The predicted molar refractivity (Wildman–Crippen MR) is 83.4 cm³/mol. The molecule has 120 valence electrons. The van der Waals surface area contributed by atoms with Crippen molar-refractivity contribution in [3.05, 3.63) is 18.2 Å². The molecule has 2 unspecified atom stereocenters. The van der Waals surface area contributed by atoms with E-state index in [4.69, 9.17) is 4.74 Å². The Morgan fingerprint density at radius 1 is 1.52 bits per heavy atom. The van der Waals surface area contributed by atoms with E-state index in [1.807, 2.05) is 32.3 Å². The van der Waals surface area contributed by atoms with Crippen LogP contribution in [0.25, 0.3) is 0 Å². The van der Waals surface area contributed by atoms with Crippen LogP contribution in [0.5, 0.6) is 0 Å². The Morgan fingerprint density at radius 3 is 2.76 bits per heavy atom. The second-order valence-corrected chi connectivity index (χ2v) is 7.83. The maximum atomic E-state index is 11.6. The number of nitrogens with zero attached hydrogens (tertiary/aromatic N) is 2. The minimum atomic E-state index is -0.824. The molecule has 0 bridgehead atoms. The Hall–Kier alpha value is -1.37. The van der Waals surface area contributed by atoms with Gasteiger partial charge in [-0.2, -0.15) is 0 Å². The van der Waals surface area contributed by atoms with E-state index in [0.29, 0.717) is 6.54 Å². The number of aryl methyl sites for hydroxylation is 1. The highest BCUT2D eigenvalue weighted by Crippen LogP contribution is 2.08. The van der Waals surface area contributed by atoms with Crippen molar-refractivity contribution in [3.63, 3.8) is 0 Å². The van der Waals surface area contributed by atoms with Gasteiger partial charge in [0.05, 0.1) is 18.6 Å². The first-order valence-corrected chi connectivity index (χ1v) is 8.59. The van der Waals surface area contributed by atoms with Gasteiger partial charge >= 0.3 is 6.09 Å². The maximum Gasteiger partial charge on any atom is 0.407 e. The van der Waals surface area contributed by atoms with Gasteiger partial charge < -0.3 is 14.6 Å². The number of hydrogen-bond acceptors (Lipinski definition) is 4. The smallest absolute Gasteiger partial charge is 0.407 e. The largest absolute Gasteiger partial charge is 0.444 e. The van der Waals surface area contributed by atoms with Gasteiger partial charge in [0, 0.05) is 35.0 Å². The van der Waals surface area contributed by atoms with Gasteiger partial charge in [-0.15, -0.1) is 0 Å². The fourth-order valence-corrected chi connectivity index (χ4v) is 2.10. The molecule has 1 amide bonds. The van der Waals surface area contributed by atoms with Crippen molar-refractivity contribution < 1.29 is 13.7 Å². The number of carbonyl (C=O) groups is 1. The first-order chi connectivity index (χ1) is 9.69. The first kappa shape index (κ1) is 17.7. The predicted octanol–water partition coefficient (Wildman–Crippen LogP) is 2.06. The van der Waals surface area contributed by atoms with Crippen molar-refractivity contribution in [2.75, 3.05) is 6.26 Å². The quantitative estimate of drug-likeness (QED) is 0.872. The third-order valence-corrected chi connectivity index (χ3v) is 4.32. The van der Waals surface area contributed by atoms with Crippen molar-refractivity contribution in [1.29, 1.82) is 0 Å². The Bertz CT molecular complexity index is 494. The molecule has 1 heterocycles. The maximum absolute atomic E-state index is 11.6. The molecule has 1 N–H and O–H groups in total. The molecule has 21 heavy (non-hydrogen) atoms. The Labute approximate surface area is 128 Å². The number of hydrogen-bond donors (Lipinski definition) is 1. The third-order valence-electron chi connectivity index (χ3n) is 2.95. The zero-order valence-corrected chi connectivity index (χ0v) is 14.2. The van der Waals surface area contributed by atoms with Gasteiger partial charge in [-0.1, -0.05) is 6.92 Å². The van der Waals surface area contributed by atoms with E-state index >= 15 is 0 Å². The summed E-state index contributed by atoms with van der Waals surface area (Å²) in [5.74, 6) is 0. The monoisotopic (exact) mass is 315 g/mol. The molecule has 0 aliphatic rings. The van der Waals surface area contributed by atoms with E-state index in [-0.39, 0.29) is 5.25 Å². The molecular weight excluding hydrogens is 290 g/mol. The molecule has 1 aromatic rings. The van der Waals surface area contributed by atoms with Crippen LogP contribution in [0.3, 0.4) is 0 Å². The van der Waals surface area contributed by atoms with E-state index in [0.717, 1.165) is 18.7 Å². The molecule has 1 aromatic heterocycles. The number of rotatable bonds is 6. The normalized spacial score (nSPS) is 14.5. The molecule has 0 aromatic carbocycles. The minimum absolute atomic E-state index is 0.138. The van der Waals surface area contributed by atoms with Gasteiger partial charge in [-0.25, -0.2) is 9.78 Å². The lowest BCUT2D eigenvalue weighted by Gasteiger charge is -2.19. The Morgan fingerprint density at radius 2 is 2.19 bits per heavy atom. The SMILES string of the molecule is CC(CCn1cncc1CNC(=O)OC(C)(C)C)S(C)=O. The van der Waals surface area contributed by atoms with Crippen LogP contribution in [0.4, 0.5) is 4.79 Å². The van der Waals surface area contributed by atoms with Crippen molar-refractivity contribution in [2.24, 2.45) is 0 Å². The molecule has 0 aliphatic heterocycles. The number of aromatic nitrogens is 2. The van der Waals surface area contributed by atoms with Crippen LogP contribution < -0.4 is 5.32 Å². The number of carbonyl (C=O) groups excluding carboxylic acids is 1. The van der Waals surface area contributed by atoms with Gasteiger partial charge in [0.2, 0.25) is 0 Å². The minimum Gasteiger partial charge on any atom is -0.444 e. The van der Waals surface area contributed by atoms with E-state index in [1.165, 1.54) is 0 Å². The molecule has 0 fully saturated rings. The third kappa shape index (κ3) is 6.75. The summed E-state index contributed by atoms with van der Waals surface area (Å²) in [5.41, 5.74) is 0.389. The lowest BCUT2D eigenvalue weighted by Crippen LogP contribution is -2.32. The summed E-state index contributed by atoms with van der Waals surface area (Å²) < 4.78 is 18.5. The molecule has 0 saturated carbocycles. The van der Waals surface area contributed by atoms with E-state index in [2.05, 4.69) is 10.3 Å². The van der Waals surface area contributed by atoms with E-state index < -0.39 is 22.5 Å².